The number of ether oxygens (including phenoxy) is 1. The molecule has 1 saturated carbocycles. The van der Waals surface area contributed by atoms with Crippen LogP contribution < -0.4 is 4.72 Å². The van der Waals surface area contributed by atoms with Crippen LogP contribution in [-0.2, 0) is 26.1 Å². The van der Waals surface area contributed by atoms with Crippen molar-refractivity contribution in [2.24, 2.45) is 0 Å². The molecule has 7 heteroatoms. The van der Waals surface area contributed by atoms with Crippen molar-refractivity contribution < 1.29 is 17.9 Å². The lowest BCUT2D eigenvalue weighted by molar-refractivity contribution is -0.130. The SMILES string of the molecule is CS(=O)(=O)N[C@H]1CC(=O)N(Cc2ccccc2)[C@H]1CO[C@H]1CC[C@@H](c2ccccc2)CC1. The number of carbonyl (C=O) groups is 1. The molecule has 0 spiro atoms. The van der Waals surface area contributed by atoms with Crippen LogP contribution in [0.5, 0.6) is 0 Å². The monoisotopic (exact) mass is 456 g/mol. The maximum Gasteiger partial charge on any atom is 0.224 e. The molecule has 172 valence electrons. The molecule has 1 aliphatic heterocycles. The van der Waals surface area contributed by atoms with Crippen molar-refractivity contribution in [2.75, 3.05) is 12.9 Å². The van der Waals surface area contributed by atoms with Crippen molar-refractivity contribution >= 4 is 15.9 Å². The van der Waals surface area contributed by atoms with E-state index >= 15 is 0 Å². The van der Waals surface area contributed by atoms with Crippen molar-refractivity contribution in [3.8, 4) is 0 Å². The Balaban J connectivity index is 1.39. The van der Waals surface area contributed by atoms with E-state index in [1.807, 2.05) is 36.4 Å². The molecule has 2 aliphatic rings. The second-order valence-electron chi connectivity index (χ2n) is 8.99. The molecule has 2 atom stereocenters. The molecule has 0 aromatic heterocycles. The molecule has 0 unspecified atom stereocenters. The predicted molar refractivity (Wildman–Crippen MR) is 125 cm³/mol. The fourth-order valence-corrected chi connectivity index (χ4v) is 5.74. The van der Waals surface area contributed by atoms with E-state index in [0.29, 0.717) is 19.1 Å². The highest BCUT2D eigenvalue weighted by Gasteiger charge is 2.41. The van der Waals surface area contributed by atoms with Gasteiger partial charge in [0, 0.05) is 13.0 Å². The Morgan fingerprint density at radius 3 is 2.22 bits per heavy atom. The minimum absolute atomic E-state index is 0.0450. The van der Waals surface area contributed by atoms with Crippen LogP contribution in [0.4, 0.5) is 0 Å². The van der Waals surface area contributed by atoms with Crippen LogP contribution >= 0.6 is 0 Å². The zero-order valence-corrected chi connectivity index (χ0v) is 19.3. The summed E-state index contributed by atoms with van der Waals surface area (Å²) in [5, 5.41) is 0. The number of nitrogens with one attached hydrogen (secondary N) is 1. The van der Waals surface area contributed by atoms with E-state index in [0.717, 1.165) is 37.5 Å². The smallest absolute Gasteiger partial charge is 0.224 e. The summed E-state index contributed by atoms with van der Waals surface area (Å²) >= 11 is 0. The Morgan fingerprint density at radius 1 is 0.969 bits per heavy atom. The molecule has 6 nitrogen and oxygen atoms in total. The van der Waals surface area contributed by atoms with Gasteiger partial charge in [0.25, 0.3) is 0 Å². The van der Waals surface area contributed by atoms with Crippen molar-refractivity contribution in [3.05, 3.63) is 71.8 Å². The summed E-state index contributed by atoms with van der Waals surface area (Å²) in [5.41, 5.74) is 2.41. The van der Waals surface area contributed by atoms with Gasteiger partial charge in [-0.15, -0.1) is 0 Å². The molecule has 0 radical (unpaired) electrons. The Labute approximate surface area is 191 Å². The lowest BCUT2D eigenvalue weighted by Crippen LogP contribution is -2.47. The molecule has 2 aromatic rings. The lowest BCUT2D eigenvalue weighted by Gasteiger charge is -2.33. The summed E-state index contributed by atoms with van der Waals surface area (Å²) in [6.45, 7) is 0.794. The summed E-state index contributed by atoms with van der Waals surface area (Å²) in [7, 11) is -3.43. The second-order valence-corrected chi connectivity index (χ2v) is 10.8. The van der Waals surface area contributed by atoms with Crippen LogP contribution in [-0.4, -0.2) is 50.3 Å². The summed E-state index contributed by atoms with van der Waals surface area (Å²) in [4.78, 5) is 14.5. The Morgan fingerprint density at radius 2 is 1.59 bits per heavy atom. The number of rotatable bonds is 8. The van der Waals surface area contributed by atoms with E-state index in [9.17, 15) is 13.2 Å². The normalized spacial score (nSPS) is 26.4. The molecular formula is C25H32N2O4S. The Hall–Kier alpha value is -2.22. The highest BCUT2D eigenvalue weighted by atomic mass is 32.2. The third-order valence-electron chi connectivity index (χ3n) is 6.59. The number of likely N-dealkylation sites (tertiary alicyclic amines) is 1. The number of sulfonamides is 1. The maximum absolute atomic E-state index is 12.8. The molecule has 2 aromatic carbocycles. The number of carbonyl (C=O) groups excluding carboxylic acids is 1. The summed E-state index contributed by atoms with van der Waals surface area (Å²) in [6, 6.07) is 19.6. The van der Waals surface area contributed by atoms with E-state index in [1.165, 1.54) is 5.56 Å². The summed E-state index contributed by atoms with van der Waals surface area (Å²) < 4.78 is 32.7. The van der Waals surface area contributed by atoms with E-state index in [-0.39, 0.29) is 24.5 Å². The first-order valence-corrected chi connectivity index (χ1v) is 13.3. The van der Waals surface area contributed by atoms with Crippen LogP contribution in [0.1, 0.15) is 49.1 Å². The van der Waals surface area contributed by atoms with Gasteiger partial charge in [-0.1, -0.05) is 60.7 Å². The second kappa shape index (κ2) is 10.1. The van der Waals surface area contributed by atoms with Gasteiger partial charge in [-0.2, -0.15) is 0 Å². The molecule has 1 aliphatic carbocycles. The van der Waals surface area contributed by atoms with E-state index in [2.05, 4.69) is 29.0 Å². The van der Waals surface area contributed by atoms with Gasteiger partial charge in [0.05, 0.1) is 31.1 Å². The van der Waals surface area contributed by atoms with Gasteiger partial charge in [-0.25, -0.2) is 13.1 Å². The zero-order chi connectivity index (χ0) is 22.6. The zero-order valence-electron chi connectivity index (χ0n) is 18.5. The topological polar surface area (TPSA) is 75.7 Å². The van der Waals surface area contributed by atoms with Gasteiger partial charge >= 0.3 is 0 Å². The fourth-order valence-electron chi connectivity index (χ4n) is 4.95. The fraction of sp³-hybridized carbons (Fsp3) is 0.480. The number of nitrogens with zero attached hydrogens (tertiary/aromatic N) is 1. The first-order valence-electron chi connectivity index (χ1n) is 11.4. The van der Waals surface area contributed by atoms with Crippen molar-refractivity contribution in [2.45, 2.75) is 62.8 Å². The van der Waals surface area contributed by atoms with Crippen molar-refractivity contribution in [1.82, 2.24) is 9.62 Å². The molecule has 1 heterocycles. The Kier molecular flexibility index (Phi) is 7.28. The van der Waals surface area contributed by atoms with Crippen LogP contribution in [0.15, 0.2) is 60.7 Å². The lowest BCUT2D eigenvalue weighted by atomic mass is 9.83. The number of hydrogen-bond donors (Lipinski definition) is 1. The minimum atomic E-state index is -3.43. The number of benzene rings is 2. The molecule has 1 N–H and O–H groups in total. The Bertz CT molecular complexity index is 989. The third-order valence-corrected chi connectivity index (χ3v) is 7.32. The van der Waals surface area contributed by atoms with Crippen LogP contribution in [0.25, 0.3) is 0 Å². The third kappa shape index (κ3) is 5.97. The molecule has 1 amide bonds. The number of hydrogen-bond acceptors (Lipinski definition) is 4. The number of amides is 1. The van der Waals surface area contributed by atoms with E-state index < -0.39 is 16.1 Å². The molecule has 32 heavy (non-hydrogen) atoms. The summed E-state index contributed by atoms with van der Waals surface area (Å²) in [6.07, 6.45) is 5.55. The van der Waals surface area contributed by atoms with Crippen molar-refractivity contribution in [3.63, 3.8) is 0 Å². The van der Waals surface area contributed by atoms with E-state index in [4.69, 9.17) is 4.74 Å². The standard InChI is InChI=1S/C25H32N2O4S/c1-32(29,30)26-23-16-25(28)27(17-19-8-4-2-5-9-19)24(23)18-31-22-14-12-21(13-15-22)20-10-6-3-7-11-20/h2-11,21-24,26H,12-18H2,1H3/t21-,22+,23-,24-/m0/s1. The molecule has 2 fully saturated rings. The van der Waals surface area contributed by atoms with Gasteiger partial charge in [-0.05, 0) is 42.7 Å². The first-order chi connectivity index (χ1) is 15.4. The largest absolute Gasteiger partial charge is 0.376 e. The van der Waals surface area contributed by atoms with Gasteiger partial charge < -0.3 is 9.64 Å². The van der Waals surface area contributed by atoms with Crippen LogP contribution in [0, 0.1) is 0 Å². The molecule has 0 bridgehead atoms. The highest BCUT2D eigenvalue weighted by molar-refractivity contribution is 7.88. The predicted octanol–water partition coefficient (Wildman–Crippen LogP) is 3.45. The average molecular weight is 457 g/mol. The summed E-state index contributed by atoms with van der Waals surface area (Å²) in [5.74, 6) is 0.523. The minimum Gasteiger partial charge on any atom is -0.376 e. The maximum atomic E-state index is 12.8. The average Bonchev–Trinajstić information content (AvgIpc) is 3.06. The van der Waals surface area contributed by atoms with Gasteiger partial charge in [0.1, 0.15) is 0 Å². The van der Waals surface area contributed by atoms with Crippen LogP contribution in [0.3, 0.4) is 0 Å². The highest BCUT2D eigenvalue weighted by Crippen LogP contribution is 2.34. The van der Waals surface area contributed by atoms with Gasteiger partial charge in [0.2, 0.25) is 15.9 Å². The van der Waals surface area contributed by atoms with Gasteiger partial charge in [0.15, 0.2) is 0 Å². The van der Waals surface area contributed by atoms with E-state index in [1.54, 1.807) is 4.90 Å². The van der Waals surface area contributed by atoms with Crippen LogP contribution in [0.2, 0.25) is 0 Å². The van der Waals surface area contributed by atoms with Gasteiger partial charge in [-0.3, -0.25) is 4.79 Å². The molecule has 1 saturated heterocycles. The first kappa shape index (κ1) is 23.0. The molecule has 4 rings (SSSR count). The quantitative estimate of drug-likeness (QED) is 0.660. The molecular weight excluding hydrogens is 424 g/mol. The van der Waals surface area contributed by atoms with Crippen molar-refractivity contribution in [1.29, 1.82) is 0 Å².